The molecule has 2 unspecified atom stereocenters. The molecule has 0 spiro atoms. The van der Waals surface area contributed by atoms with E-state index in [0.29, 0.717) is 0 Å². The van der Waals surface area contributed by atoms with E-state index in [2.05, 4.69) is 5.32 Å². The minimum Gasteiger partial charge on any atom is -0.400 e. The molecule has 0 bridgehead atoms. The first-order chi connectivity index (χ1) is 4.29. The zero-order valence-corrected chi connectivity index (χ0v) is 5.72. The predicted molar refractivity (Wildman–Crippen MR) is 35.7 cm³/mol. The Balaban J connectivity index is 2.33. The van der Waals surface area contributed by atoms with Crippen molar-refractivity contribution in [2.75, 3.05) is 7.05 Å². The zero-order valence-electron chi connectivity index (χ0n) is 5.72. The van der Waals surface area contributed by atoms with Crippen molar-refractivity contribution in [2.45, 2.75) is 19.3 Å². The highest BCUT2D eigenvalue weighted by atomic mass is 16.6. The summed E-state index contributed by atoms with van der Waals surface area (Å²) in [6, 6.07) is 0. The first kappa shape index (κ1) is 6.58. The summed E-state index contributed by atoms with van der Waals surface area (Å²) in [5.74, 6) is 0. The Hall–Kier alpha value is -0.540. The van der Waals surface area contributed by atoms with Gasteiger partial charge in [-0.05, 0) is 14.0 Å². The Morgan fingerprint density at radius 3 is 2.78 bits per heavy atom. The zero-order chi connectivity index (χ0) is 6.85. The first-order valence-corrected chi connectivity index (χ1v) is 3.04. The van der Waals surface area contributed by atoms with Crippen LogP contribution in [0, 0.1) is 0 Å². The topological polar surface area (TPSA) is 50.6 Å². The van der Waals surface area contributed by atoms with Crippen molar-refractivity contribution in [2.24, 2.45) is 5.73 Å². The van der Waals surface area contributed by atoms with Gasteiger partial charge >= 0.3 is 0 Å². The summed E-state index contributed by atoms with van der Waals surface area (Å²) < 4.78 is 5.11. The van der Waals surface area contributed by atoms with E-state index in [0.717, 1.165) is 5.70 Å². The van der Waals surface area contributed by atoms with Gasteiger partial charge in [-0.1, -0.05) is 6.08 Å². The Morgan fingerprint density at radius 2 is 2.44 bits per heavy atom. The highest BCUT2D eigenvalue weighted by Gasteiger charge is 2.39. The average Bonchev–Trinajstić information content (AvgIpc) is 2.64. The van der Waals surface area contributed by atoms with Gasteiger partial charge in [0.15, 0.2) is 0 Å². The highest BCUT2D eigenvalue weighted by molar-refractivity contribution is 5.11. The number of ether oxygens (including phenoxy) is 1. The lowest BCUT2D eigenvalue weighted by Gasteiger charge is -1.90. The van der Waals surface area contributed by atoms with E-state index < -0.39 is 0 Å². The lowest BCUT2D eigenvalue weighted by atomic mass is 10.3. The van der Waals surface area contributed by atoms with Crippen LogP contribution < -0.4 is 11.1 Å². The van der Waals surface area contributed by atoms with Crippen LogP contribution in [0.25, 0.3) is 0 Å². The Labute approximate surface area is 54.9 Å². The van der Waals surface area contributed by atoms with Gasteiger partial charge in [0.2, 0.25) is 0 Å². The third-order valence-corrected chi connectivity index (χ3v) is 1.44. The molecule has 3 N–H and O–H groups in total. The maximum absolute atomic E-state index is 5.54. The predicted octanol–water partition coefficient (Wildman–Crippen LogP) is -0.207. The molecule has 9 heavy (non-hydrogen) atoms. The lowest BCUT2D eigenvalue weighted by Crippen LogP contribution is -2.17. The molecule has 3 nitrogen and oxygen atoms in total. The average molecular weight is 128 g/mol. The second-order valence-electron chi connectivity index (χ2n) is 2.05. The van der Waals surface area contributed by atoms with Crippen LogP contribution in [-0.4, -0.2) is 19.4 Å². The van der Waals surface area contributed by atoms with E-state index in [1.165, 1.54) is 0 Å². The van der Waals surface area contributed by atoms with Gasteiger partial charge in [0.25, 0.3) is 0 Å². The number of nitrogens with one attached hydrogen (secondary N) is 1. The summed E-state index contributed by atoms with van der Waals surface area (Å²) in [6.07, 6.45) is 2.14. The van der Waals surface area contributed by atoms with Crippen molar-refractivity contribution < 1.29 is 4.74 Å². The van der Waals surface area contributed by atoms with E-state index >= 15 is 0 Å². The van der Waals surface area contributed by atoms with Crippen LogP contribution in [0.3, 0.4) is 0 Å². The lowest BCUT2D eigenvalue weighted by molar-refractivity contribution is 0.364. The number of hydrogen-bond acceptors (Lipinski definition) is 3. The van der Waals surface area contributed by atoms with Crippen LogP contribution in [0.15, 0.2) is 11.8 Å². The SMILES string of the molecule is C/C=C(\N)C1OC1NC. The molecule has 1 aliphatic rings. The number of nitrogens with two attached hydrogens (primary N) is 1. The van der Waals surface area contributed by atoms with Gasteiger partial charge in [-0.15, -0.1) is 0 Å². The quantitative estimate of drug-likeness (QED) is 0.506. The van der Waals surface area contributed by atoms with Crippen molar-refractivity contribution in [1.82, 2.24) is 5.32 Å². The Morgan fingerprint density at radius 1 is 1.78 bits per heavy atom. The first-order valence-electron chi connectivity index (χ1n) is 3.04. The number of hydrogen-bond donors (Lipinski definition) is 2. The molecule has 0 radical (unpaired) electrons. The fraction of sp³-hybridized carbons (Fsp3) is 0.667. The van der Waals surface area contributed by atoms with E-state index in [9.17, 15) is 0 Å². The van der Waals surface area contributed by atoms with Crippen molar-refractivity contribution in [1.29, 1.82) is 0 Å². The van der Waals surface area contributed by atoms with Crippen LogP contribution in [-0.2, 0) is 4.74 Å². The largest absolute Gasteiger partial charge is 0.400 e. The number of rotatable bonds is 2. The molecule has 1 rings (SSSR count). The molecule has 0 aromatic rings. The van der Waals surface area contributed by atoms with E-state index in [1.807, 2.05) is 20.0 Å². The number of allylic oxidation sites excluding steroid dienone is 1. The third-order valence-electron chi connectivity index (χ3n) is 1.44. The number of likely N-dealkylation sites (N-methyl/N-ethyl adjacent to an activating group) is 1. The smallest absolute Gasteiger partial charge is 0.141 e. The fourth-order valence-corrected chi connectivity index (χ4v) is 0.750. The molecular formula is C6H12N2O. The Bertz CT molecular complexity index is 133. The van der Waals surface area contributed by atoms with Gasteiger partial charge in [0.05, 0.1) is 0 Å². The fourth-order valence-electron chi connectivity index (χ4n) is 0.750. The second kappa shape index (κ2) is 2.37. The van der Waals surface area contributed by atoms with Crippen LogP contribution >= 0.6 is 0 Å². The summed E-state index contributed by atoms with van der Waals surface area (Å²) >= 11 is 0. The summed E-state index contributed by atoms with van der Waals surface area (Å²) in [5, 5.41) is 2.96. The molecule has 0 aliphatic carbocycles. The molecule has 52 valence electrons. The molecule has 0 aromatic heterocycles. The van der Waals surface area contributed by atoms with Crippen molar-refractivity contribution in [3.05, 3.63) is 11.8 Å². The maximum atomic E-state index is 5.54. The van der Waals surface area contributed by atoms with Crippen molar-refractivity contribution in [3.8, 4) is 0 Å². The molecule has 2 atom stereocenters. The standard InChI is InChI=1S/C6H12N2O/c1-3-4(7)5-6(8-2)9-5/h3,5-6,8H,7H2,1-2H3/b4-3-. The highest BCUT2D eigenvalue weighted by Crippen LogP contribution is 2.22. The van der Waals surface area contributed by atoms with Gasteiger partial charge in [-0.2, -0.15) is 0 Å². The van der Waals surface area contributed by atoms with Crippen molar-refractivity contribution >= 4 is 0 Å². The molecule has 0 amide bonds. The van der Waals surface area contributed by atoms with E-state index in [-0.39, 0.29) is 12.3 Å². The summed E-state index contributed by atoms with van der Waals surface area (Å²) in [5.41, 5.74) is 6.35. The van der Waals surface area contributed by atoms with Crippen LogP contribution in [0.5, 0.6) is 0 Å². The maximum Gasteiger partial charge on any atom is 0.141 e. The molecule has 1 heterocycles. The Kier molecular flexibility index (Phi) is 1.73. The van der Waals surface area contributed by atoms with Crippen molar-refractivity contribution in [3.63, 3.8) is 0 Å². The summed E-state index contributed by atoms with van der Waals surface area (Å²) in [4.78, 5) is 0. The third kappa shape index (κ3) is 1.23. The van der Waals surface area contributed by atoms with Crippen LogP contribution in [0.1, 0.15) is 6.92 Å². The molecule has 3 heteroatoms. The van der Waals surface area contributed by atoms with Gasteiger partial charge < -0.3 is 10.5 Å². The van der Waals surface area contributed by atoms with Gasteiger partial charge in [-0.25, -0.2) is 0 Å². The minimum absolute atomic E-state index is 0.125. The second-order valence-corrected chi connectivity index (χ2v) is 2.05. The number of epoxide rings is 1. The van der Waals surface area contributed by atoms with Crippen LogP contribution in [0.4, 0.5) is 0 Å². The summed E-state index contributed by atoms with van der Waals surface area (Å²) in [6.45, 7) is 1.91. The van der Waals surface area contributed by atoms with E-state index in [1.54, 1.807) is 0 Å². The van der Waals surface area contributed by atoms with E-state index in [4.69, 9.17) is 10.5 Å². The van der Waals surface area contributed by atoms with Gasteiger partial charge in [0.1, 0.15) is 12.3 Å². The molecule has 1 aliphatic heterocycles. The molecule has 1 saturated heterocycles. The monoisotopic (exact) mass is 128 g/mol. The molecule has 0 saturated carbocycles. The van der Waals surface area contributed by atoms with Gasteiger partial charge in [0, 0.05) is 5.70 Å². The molecule has 0 aromatic carbocycles. The normalized spacial score (nSPS) is 34.7. The summed E-state index contributed by atoms with van der Waals surface area (Å²) in [7, 11) is 1.85. The van der Waals surface area contributed by atoms with Gasteiger partial charge in [-0.3, -0.25) is 5.32 Å². The minimum atomic E-state index is 0.125. The molecule has 1 fully saturated rings. The van der Waals surface area contributed by atoms with Crippen LogP contribution in [0.2, 0.25) is 0 Å². The molecular weight excluding hydrogens is 116 g/mol.